The molecule has 7 rings (SSSR count). The summed E-state index contributed by atoms with van der Waals surface area (Å²) in [6, 6.07) is 20.2. The Labute approximate surface area is 233 Å². The summed E-state index contributed by atoms with van der Waals surface area (Å²) in [6.45, 7) is 8.52. The van der Waals surface area contributed by atoms with Crippen molar-refractivity contribution in [3.63, 3.8) is 0 Å². The van der Waals surface area contributed by atoms with Crippen LogP contribution in [0.15, 0.2) is 65.7 Å². The molecule has 4 aromatic rings. The van der Waals surface area contributed by atoms with E-state index in [2.05, 4.69) is 67.9 Å². The molecular formula is C34H34N4O2. The minimum absolute atomic E-state index is 0.127. The van der Waals surface area contributed by atoms with Crippen LogP contribution in [0.4, 0.5) is 17.1 Å². The van der Waals surface area contributed by atoms with Gasteiger partial charge in [-0.25, -0.2) is 0 Å². The second-order valence-electron chi connectivity index (χ2n) is 11.4. The summed E-state index contributed by atoms with van der Waals surface area (Å²) in [5, 5.41) is 16.6. The number of Topliss-reactive ketones (excluding diaryl/α,β-unsaturated/α-hetero) is 2. The first-order valence-electron chi connectivity index (χ1n) is 14.5. The first-order valence-corrected chi connectivity index (χ1v) is 14.5. The van der Waals surface area contributed by atoms with Crippen molar-refractivity contribution < 1.29 is 9.59 Å². The Morgan fingerprint density at radius 2 is 1.32 bits per heavy atom. The maximum atomic E-state index is 14.0. The van der Waals surface area contributed by atoms with Crippen LogP contribution in [0.25, 0.3) is 27.1 Å². The molecular weight excluding hydrogens is 496 g/mol. The minimum atomic E-state index is -0.818. The standard InChI is InChI=1S/C34H34N4O2/c1-5-33(6-2)35-23-13-9-11-19-15-17-21(29(37-33)25(19)23)27-31(39)28(32(27)40)22-18-16-20-12-10-14-24-26(20)30(22)38-34(7-3,8-4)36-24/h9-18,27,35-37H,5-8H2,1-4H3. The molecule has 0 radical (unpaired) electrons. The molecule has 1 aliphatic carbocycles. The predicted octanol–water partition coefficient (Wildman–Crippen LogP) is 5.99. The normalized spacial score (nSPS) is 19.9. The molecule has 0 bridgehead atoms. The second kappa shape index (κ2) is 8.65. The Hall–Kier alpha value is -4.19. The highest BCUT2D eigenvalue weighted by atomic mass is 16.2. The lowest BCUT2D eigenvalue weighted by atomic mass is 9.70. The molecule has 4 aromatic carbocycles. The molecule has 6 heteroatoms. The fraction of sp³-hybridized carbons (Fsp3) is 0.324. The molecule has 2 aliphatic heterocycles. The van der Waals surface area contributed by atoms with E-state index in [0.717, 1.165) is 75.2 Å². The molecule has 0 atom stereocenters. The molecule has 3 N–H and O–H groups in total. The minimum Gasteiger partial charge on any atom is -0.362 e. The summed E-state index contributed by atoms with van der Waals surface area (Å²) in [7, 11) is 0. The number of benzene rings is 4. The fourth-order valence-electron chi connectivity index (χ4n) is 6.87. The SMILES string of the molecule is CCC1(CC)N=c2c(=C3C(=O)C(c4ccc5cccc6c5c4NC(CC)(CC)N6)C3=O)ccc3cccc(c23)N1. The zero-order chi connectivity index (χ0) is 27.8. The van der Waals surface area contributed by atoms with E-state index in [1.165, 1.54) is 0 Å². The van der Waals surface area contributed by atoms with E-state index in [4.69, 9.17) is 4.99 Å². The molecule has 0 unspecified atom stereocenters. The van der Waals surface area contributed by atoms with Gasteiger partial charge in [0.05, 0.1) is 16.6 Å². The first kappa shape index (κ1) is 24.8. The van der Waals surface area contributed by atoms with E-state index >= 15 is 0 Å². The van der Waals surface area contributed by atoms with Crippen molar-refractivity contribution in [3.05, 3.63) is 76.8 Å². The number of anilines is 3. The largest absolute Gasteiger partial charge is 0.362 e. The molecule has 3 aliphatic rings. The first-order chi connectivity index (χ1) is 19.4. The summed E-state index contributed by atoms with van der Waals surface area (Å²) in [5.41, 5.74) is 3.16. The van der Waals surface area contributed by atoms with E-state index < -0.39 is 11.6 Å². The van der Waals surface area contributed by atoms with Gasteiger partial charge in [-0.15, -0.1) is 0 Å². The monoisotopic (exact) mass is 530 g/mol. The maximum absolute atomic E-state index is 14.0. The van der Waals surface area contributed by atoms with Crippen molar-refractivity contribution in [1.29, 1.82) is 0 Å². The molecule has 0 spiro atoms. The summed E-state index contributed by atoms with van der Waals surface area (Å²) in [5.74, 6) is -1.07. The zero-order valence-corrected chi connectivity index (χ0v) is 23.4. The number of hydrogen-bond acceptors (Lipinski definition) is 6. The summed E-state index contributed by atoms with van der Waals surface area (Å²) >= 11 is 0. The highest BCUT2D eigenvalue weighted by Crippen LogP contribution is 2.47. The molecule has 1 fully saturated rings. The summed E-state index contributed by atoms with van der Waals surface area (Å²) < 4.78 is 0. The smallest absolute Gasteiger partial charge is 0.182 e. The number of carbonyl (C=O) groups is 2. The molecule has 0 aromatic heterocycles. The van der Waals surface area contributed by atoms with Crippen molar-refractivity contribution in [1.82, 2.24) is 0 Å². The third-order valence-corrected chi connectivity index (χ3v) is 9.50. The Kier molecular flexibility index (Phi) is 5.37. The number of hydrogen-bond donors (Lipinski definition) is 3. The van der Waals surface area contributed by atoms with Crippen molar-refractivity contribution in [2.45, 2.75) is 70.6 Å². The average Bonchev–Trinajstić information content (AvgIpc) is 2.99. The van der Waals surface area contributed by atoms with Crippen LogP contribution in [0.5, 0.6) is 0 Å². The van der Waals surface area contributed by atoms with Gasteiger partial charge in [-0.1, -0.05) is 76.2 Å². The lowest BCUT2D eigenvalue weighted by molar-refractivity contribution is -0.129. The Morgan fingerprint density at radius 3 is 1.98 bits per heavy atom. The molecule has 6 nitrogen and oxygen atoms in total. The van der Waals surface area contributed by atoms with Crippen molar-refractivity contribution in [2.75, 3.05) is 16.0 Å². The molecule has 2 heterocycles. The second-order valence-corrected chi connectivity index (χ2v) is 11.4. The van der Waals surface area contributed by atoms with Crippen LogP contribution >= 0.6 is 0 Å². The van der Waals surface area contributed by atoms with Gasteiger partial charge in [-0.3, -0.25) is 14.6 Å². The number of rotatable bonds is 5. The van der Waals surface area contributed by atoms with Crippen LogP contribution < -0.4 is 26.5 Å². The number of ketones is 2. The van der Waals surface area contributed by atoms with Crippen molar-refractivity contribution in [2.24, 2.45) is 4.99 Å². The van der Waals surface area contributed by atoms with Gasteiger partial charge in [-0.2, -0.15) is 0 Å². The quantitative estimate of drug-likeness (QED) is 0.276. The van der Waals surface area contributed by atoms with Gasteiger partial charge in [0.15, 0.2) is 11.6 Å². The number of nitrogens with one attached hydrogen (secondary N) is 3. The van der Waals surface area contributed by atoms with E-state index in [-0.39, 0.29) is 22.8 Å². The fourth-order valence-corrected chi connectivity index (χ4v) is 6.87. The van der Waals surface area contributed by atoms with Gasteiger partial charge < -0.3 is 16.0 Å². The van der Waals surface area contributed by atoms with Gasteiger partial charge in [0.25, 0.3) is 0 Å². The third kappa shape index (κ3) is 3.25. The highest BCUT2D eigenvalue weighted by Gasteiger charge is 2.48. The molecule has 0 saturated heterocycles. The zero-order valence-electron chi connectivity index (χ0n) is 23.4. The average molecular weight is 531 g/mol. The molecule has 1 saturated carbocycles. The number of carbonyl (C=O) groups excluding carboxylic acids is 2. The van der Waals surface area contributed by atoms with Crippen molar-refractivity contribution in [3.8, 4) is 0 Å². The maximum Gasteiger partial charge on any atom is 0.182 e. The van der Waals surface area contributed by atoms with Gasteiger partial charge in [-0.05, 0) is 54.2 Å². The molecule has 0 amide bonds. The van der Waals surface area contributed by atoms with E-state index in [1.807, 2.05) is 36.4 Å². The number of nitrogens with zero attached hydrogens (tertiary/aromatic N) is 1. The Balaban J connectivity index is 1.43. The summed E-state index contributed by atoms with van der Waals surface area (Å²) in [6.07, 6.45) is 3.30. The van der Waals surface area contributed by atoms with Crippen LogP contribution in [0.3, 0.4) is 0 Å². The van der Waals surface area contributed by atoms with E-state index in [9.17, 15) is 9.59 Å². The highest BCUT2D eigenvalue weighted by molar-refractivity contribution is 6.59. The van der Waals surface area contributed by atoms with Crippen LogP contribution in [0.1, 0.15) is 64.9 Å². The third-order valence-electron chi connectivity index (χ3n) is 9.50. The Morgan fingerprint density at radius 1 is 0.700 bits per heavy atom. The lowest BCUT2D eigenvalue weighted by Gasteiger charge is -2.42. The van der Waals surface area contributed by atoms with Gasteiger partial charge in [0, 0.05) is 27.4 Å². The van der Waals surface area contributed by atoms with Gasteiger partial charge >= 0.3 is 0 Å². The Bertz CT molecular complexity index is 1860. The molecule has 202 valence electrons. The van der Waals surface area contributed by atoms with Crippen molar-refractivity contribution >= 4 is 55.7 Å². The van der Waals surface area contributed by atoms with E-state index in [0.29, 0.717) is 5.22 Å². The van der Waals surface area contributed by atoms with Gasteiger partial charge in [0.2, 0.25) is 0 Å². The van der Waals surface area contributed by atoms with Crippen LogP contribution in [0, 0.1) is 0 Å². The van der Waals surface area contributed by atoms with Crippen LogP contribution in [-0.4, -0.2) is 22.9 Å². The molecule has 40 heavy (non-hydrogen) atoms. The summed E-state index contributed by atoms with van der Waals surface area (Å²) in [4.78, 5) is 33.2. The topological polar surface area (TPSA) is 82.6 Å². The van der Waals surface area contributed by atoms with Crippen LogP contribution in [-0.2, 0) is 9.59 Å². The lowest BCUT2D eigenvalue weighted by Crippen LogP contribution is -2.50. The van der Waals surface area contributed by atoms with Crippen LogP contribution in [0.2, 0.25) is 0 Å². The predicted molar refractivity (Wildman–Crippen MR) is 162 cm³/mol. The van der Waals surface area contributed by atoms with Gasteiger partial charge in [0.1, 0.15) is 17.2 Å². The van der Waals surface area contributed by atoms with E-state index in [1.54, 1.807) is 0 Å².